The summed E-state index contributed by atoms with van der Waals surface area (Å²) < 4.78 is 0. The molecule has 0 aliphatic heterocycles. The van der Waals surface area contributed by atoms with Crippen LogP contribution in [0.15, 0.2) is 0 Å². The number of hydrogen-bond donors (Lipinski definition) is 1. The van der Waals surface area contributed by atoms with Gasteiger partial charge < -0.3 is 10.0 Å². The lowest BCUT2D eigenvalue weighted by Crippen LogP contribution is -2.40. The number of carbonyl (C=O) groups excluding carboxylic acids is 1. The number of rotatable bonds is 7. The lowest BCUT2D eigenvalue weighted by atomic mass is 9.93. The Bertz CT molecular complexity index is 232. The van der Waals surface area contributed by atoms with Gasteiger partial charge in [-0.25, -0.2) is 0 Å². The molecule has 1 saturated carbocycles. The van der Waals surface area contributed by atoms with Crippen molar-refractivity contribution in [1.29, 1.82) is 0 Å². The Morgan fingerprint density at radius 3 is 2.25 bits per heavy atom. The Labute approximate surface area is 98.8 Å². The fourth-order valence-electron chi connectivity index (χ4n) is 2.02. The van der Waals surface area contributed by atoms with E-state index >= 15 is 0 Å². The molecular weight excluding hydrogens is 202 g/mol. The van der Waals surface area contributed by atoms with Gasteiger partial charge in [0.15, 0.2) is 0 Å². The maximum atomic E-state index is 12.1. The van der Waals surface area contributed by atoms with Crippen LogP contribution in [0.2, 0.25) is 0 Å². The molecule has 0 aromatic heterocycles. The average molecular weight is 227 g/mol. The number of amides is 1. The zero-order chi connectivity index (χ0) is 12.2. The van der Waals surface area contributed by atoms with Crippen molar-refractivity contribution in [3.63, 3.8) is 0 Å². The second-order valence-corrected chi connectivity index (χ2v) is 4.93. The van der Waals surface area contributed by atoms with Crippen LogP contribution in [0.4, 0.5) is 0 Å². The number of hydrogen-bond acceptors (Lipinski definition) is 2. The second-order valence-electron chi connectivity index (χ2n) is 4.93. The van der Waals surface area contributed by atoms with E-state index in [0.717, 1.165) is 25.8 Å². The quantitative estimate of drug-likeness (QED) is 0.725. The smallest absolute Gasteiger partial charge is 0.225 e. The lowest BCUT2D eigenvalue weighted by molar-refractivity contribution is -0.137. The van der Waals surface area contributed by atoms with Crippen LogP contribution in [-0.4, -0.2) is 34.1 Å². The van der Waals surface area contributed by atoms with E-state index in [9.17, 15) is 9.90 Å². The maximum Gasteiger partial charge on any atom is 0.225 e. The van der Waals surface area contributed by atoms with Crippen LogP contribution in [0, 0.1) is 0 Å². The average Bonchev–Trinajstić information content (AvgIpc) is 3.09. The molecule has 0 heterocycles. The Morgan fingerprint density at radius 2 is 1.88 bits per heavy atom. The summed E-state index contributed by atoms with van der Waals surface area (Å²) in [5.41, 5.74) is -0.794. The van der Waals surface area contributed by atoms with Gasteiger partial charge >= 0.3 is 0 Å². The van der Waals surface area contributed by atoms with Crippen LogP contribution in [0.1, 0.15) is 59.3 Å². The monoisotopic (exact) mass is 227 g/mol. The molecule has 1 rings (SSSR count). The van der Waals surface area contributed by atoms with Crippen molar-refractivity contribution < 1.29 is 9.90 Å². The van der Waals surface area contributed by atoms with E-state index in [2.05, 4.69) is 6.92 Å². The van der Waals surface area contributed by atoms with Crippen molar-refractivity contribution in [1.82, 2.24) is 4.90 Å². The van der Waals surface area contributed by atoms with Crippen LogP contribution < -0.4 is 0 Å². The topological polar surface area (TPSA) is 40.5 Å². The minimum atomic E-state index is -0.794. The van der Waals surface area contributed by atoms with Crippen molar-refractivity contribution in [3.8, 4) is 0 Å². The standard InChI is InChI=1S/C13H25NO2/c1-4-9-14(11-7-8-11)12(15)10-13(16,5-2)6-3/h11,16H,4-10H2,1-3H3. The molecule has 0 spiro atoms. The molecule has 3 heteroatoms. The molecule has 0 radical (unpaired) electrons. The molecule has 0 aromatic rings. The molecule has 94 valence electrons. The van der Waals surface area contributed by atoms with E-state index in [1.54, 1.807) is 0 Å². The van der Waals surface area contributed by atoms with Gasteiger partial charge in [0, 0.05) is 12.6 Å². The molecule has 0 saturated heterocycles. The summed E-state index contributed by atoms with van der Waals surface area (Å²) in [5.74, 6) is 0.135. The summed E-state index contributed by atoms with van der Waals surface area (Å²) >= 11 is 0. The highest BCUT2D eigenvalue weighted by Gasteiger charge is 2.35. The van der Waals surface area contributed by atoms with Crippen LogP contribution >= 0.6 is 0 Å². The van der Waals surface area contributed by atoms with E-state index in [-0.39, 0.29) is 12.3 Å². The Hall–Kier alpha value is -0.570. The van der Waals surface area contributed by atoms with E-state index in [0.29, 0.717) is 18.9 Å². The predicted octanol–water partition coefficient (Wildman–Crippen LogP) is 2.33. The molecule has 3 nitrogen and oxygen atoms in total. The van der Waals surface area contributed by atoms with Crippen LogP contribution in [-0.2, 0) is 4.79 Å². The van der Waals surface area contributed by atoms with Gasteiger partial charge in [-0.3, -0.25) is 4.79 Å². The van der Waals surface area contributed by atoms with Gasteiger partial charge in [-0.2, -0.15) is 0 Å². The fourth-order valence-corrected chi connectivity index (χ4v) is 2.02. The van der Waals surface area contributed by atoms with E-state index in [4.69, 9.17) is 0 Å². The summed E-state index contributed by atoms with van der Waals surface area (Å²) in [7, 11) is 0. The van der Waals surface area contributed by atoms with Crippen molar-refractivity contribution in [2.45, 2.75) is 70.9 Å². The molecule has 0 bridgehead atoms. The Kier molecular flexibility index (Phi) is 4.78. The maximum absolute atomic E-state index is 12.1. The van der Waals surface area contributed by atoms with Gasteiger partial charge in [0.2, 0.25) is 5.91 Å². The zero-order valence-electron chi connectivity index (χ0n) is 10.8. The molecular formula is C13H25NO2. The lowest BCUT2D eigenvalue weighted by Gasteiger charge is -2.29. The molecule has 1 aliphatic rings. The second kappa shape index (κ2) is 5.67. The van der Waals surface area contributed by atoms with E-state index in [1.807, 2.05) is 18.7 Å². The number of carbonyl (C=O) groups is 1. The van der Waals surface area contributed by atoms with E-state index < -0.39 is 5.60 Å². The third-order valence-corrected chi connectivity index (χ3v) is 3.57. The molecule has 1 fully saturated rings. The third kappa shape index (κ3) is 3.48. The highest BCUT2D eigenvalue weighted by atomic mass is 16.3. The summed E-state index contributed by atoms with van der Waals surface area (Å²) in [6.07, 6.45) is 4.87. The summed E-state index contributed by atoms with van der Waals surface area (Å²) in [4.78, 5) is 14.1. The minimum absolute atomic E-state index is 0.135. The fraction of sp³-hybridized carbons (Fsp3) is 0.923. The normalized spacial score (nSPS) is 16.2. The van der Waals surface area contributed by atoms with Crippen molar-refractivity contribution in [3.05, 3.63) is 0 Å². The first-order chi connectivity index (χ1) is 7.56. The molecule has 0 atom stereocenters. The first-order valence-electron chi connectivity index (χ1n) is 6.58. The Morgan fingerprint density at radius 1 is 1.31 bits per heavy atom. The first-order valence-corrected chi connectivity index (χ1v) is 6.58. The molecule has 16 heavy (non-hydrogen) atoms. The van der Waals surface area contributed by atoms with Gasteiger partial charge in [0.05, 0.1) is 12.0 Å². The molecule has 1 amide bonds. The largest absolute Gasteiger partial charge is 0.389 e. The van der Waals surface area contributed by atoms with Crippen molar-refractivity contribution in [2.24, 2.45) is 0 Å². The number of nitrogens with zero attached hydrogens (tertiary/aromatic N) is 1. The summed E-state index contributed by atoms with van der Waals surface area (Å²) in [6, 6.07) is 0.463. The predicted molar refractivity (Wildman–Crippen MR) is 65.2 cm³/mol. The van der Waals surface area contributed by atoms with Crippen molar-refractivity contribution in [2.75, 3.05) is 6.54 Å². The molecule has 1 aliphatic carbocycles. The SMILES string of the molecule is CCCN(C(=O)CC(O)(CC)CC)C1CC1. The van der Waals surface area contributed by atoms with Gasteiger partial charge in [-0.1, -0.05) is 20.8 Å². The minimum Gasteiger partial charge on any atom is -0.389 e. The molecule has 0 aromatic carbocycles. The number of aliphatic hydroxyl groups is 1. The molecule has 0 unspecified atom stereocenters. The summed E-state index contributed by atoms with van der Waals surface area (Å²) in [6.45, 7) is 6.82. The highest BCUT2D eigenvalue weighted by molar-refractivity contribution is 5.78. The molecule has 1 N–H and O–H groups in total. The summed E-state index contributed by atoms with van der Waals surface area (Å²) in [5, 5.41) is 10.2. The van der Waals surface area contributed by atoms with E-state index in [1.165, 1.54) is 0 Å². The Balaban J connectivity index is 2.53. The highest BCUT2D eigenvalue weighted by Crippen LogP contribution is 2.29. The van der Waals surface area contributed by atoms with Gasteiger partial charge in [-0.15, -0.1) is 0 Å². The van der Waals surface area contributed by atoms with Gasteiger partial charge in [0.1, 0.15) is 0 Å². The van der Waals surface area contributed by atoms with Gasteiger partial charge in [0.25, 0.3) is 0 Å². The van der Waals surface area contributed by atoms with Crippen LogP contribution in [0.5, 0.6) is 0 Å². The zero-order valence-corrected chi connectivity index (χ0v) is 10.8. The van der Waals surface area contributed by atoms with Gasteiger partial charge in [-0.05, 0) is 32.1 Å². The van der Waals surface area contributed by atoms with Crippen LogP contribution in [0.3, 0.4) is 0 Å². The first kappa shape index (κ1) is 13.5. The van der Waals surface area contributed by atoms with Crippen LogP contribution in [0.25, 0.3) is 0 Å². The third-order valence-electron chi connectivity index (χ3n) is 3.57. The van der Waals surface area contributed by atoms with Crippen molar-refractivity contribution >= 4 is 5.91 Å².